The van der Waals surface area contributed by atoms with Crippen molar-refractivity contribution in [2.24, 2.45) is 4.99 Å². The monoisotopic (exact) mass is 500 g/mol. The Balaban J connectivity index is 0.00000280. The highest BCUT2D eigenvalue weighted by Crippen LogP contribution is 2.43. The molecule has 0 unspecified atom stereocenters. The number of benzene rings is 1. The number of rotatable bonds is 5. The van der Waals surface area contributed by atoms with Crippen LogP contribution in [0.25, 0.3) is 0 Å². The SMILES string of the molecule is CCOC(=O)N1CCC(NC(=NC)NCC2(c3ccccc3)CCC2)CC1.I. The van der Waals surface area contributed by atoms with Gasteiger partial charge in [0.15, 0.2) is 5.96 Å². The first-order valence-electron chi connectivity index (χ1n) is 10.1. The second kappa shape index (κ2) is 10.9. The molecule has 2 fully saturated rings. The number of halogens is 1. The number of carbonyl (C=O) groups is 1. The van der Waals surface area contributed by atoms with Crippen molar-refractivity contribution in [1.82, 2.24) is 15.5 Å². The van der Waals surface area contributed by atoms with Crippen molar-refractivity contribution in [2.45, 2.75) is 50.5 Å². The van der Waals surface area contributed by atoms with Gasteiger partial charge in [-0.05, 0) is 38.2 Å². The normalized spacial score (nSPS) is 19.2. The molecule has 6 nitrogen and oxygen atoms in total. The molecule has 1 heterocycles. The van der Waals surface area contributed by atoms with Crippen LogP contribution in [-0.4, -0.2) is 56.3 Å². The third kappa shape index (κ3) is 5.52. The van der Waals surface area contributed by atoms with Gasteiger partial charge >= 0.3 is 6.09 Å². The topological polar surface area (TPSA) is 66.0 Å². The molecular formula is C21H33IN4O2. The molecule has 0 radical (unpaired) electrons. The van der Waals surface area contributed by atoms with Crippen LogP contribution >= 0.6 is 24.0 Å². The van der Waals surface area contributed by atoms with Gasteiger partial charge in [0.25, 0.3) is 0 Å². The first-order valence-corrected chi connectivity index (χ1v) is 10.1. The van der Waals surface area contributed by atoms with Gasteiger partial charge in [0, 0.05) is 38.1 Å². The van der Waals surface area contributed by atoms with E-state index in [1.807, 2.05) is 14.0 Å². The summed E-state index contributed by atoms with van der Waals surface area (Å²) < 4.78 is 5.09. The summed E-state index contributed by atoms with van der Waals surface area (Å²) in [5.41, 5.74) is 1.65. The van der Waals surface area contributed by atoms with E-state index in [1.54, 1.807) is 4.90 Å². The smallest absolute Gasteiger partial charge is 0.409 e. The van der Waals surface area contributed by atoms with Crippen molar-refractivity contribution >= 4 is 36.0 Å². The largest absolute Gasteiger partial charge is 0.450 e. The third-order valence-corrected chi connectivity index (χ3v) is 5.88. The molecular weight excluding hydrogens is 467 g/mol. The average molecular weight is 500 g/mol. The molecule has 1 aromatic rings. The Labute approximate surface area is 185 Å². The maximum absolute atomic E-state index is 11.8. The number of hydrogen-bond donors (Lipinski definition) is 2. The summed E-state index contributed by atoms with van der Waals surface area (Å²) in [5, 5.41) is 7.08. The lowest BCUT2D eigenvalue weighted by molar-refractivity contribution is 0.0963. The van der Waals surface area contributed by atoms with Crippen LogP contribution in [0, 0.1) is 0 Å². The number of ether oxygens (including phenoxy) is 1. The Kier molecular flexibility index (Phi) is 8.85. The molecule has 3 rings (SSSR count). The van der Waals surface area contributed by atoms with Gasteiger partial charge in [0.2, 0.25) is 0 Å². The van der Waals surface area contributed by atoms with Gasteiger partial charge in [-0.3, -0.25) is 4.99 Å². The number of aliphatic imine (C=N–C) groups is 1. The summed E-state index contributed by atoms with van der Waals surface area (Å²) in [6.45, 7) is 4.62. The second-order valence-electron chi connectivity index (χ2n) is 7.53. The van der Waals surface area contributed by atoms with Crippen LogP contribution in [0.1, 0.15) is 44.6 Å². The Morgan fingerprint density at radius 3 is 2.46 bits per heavy atom. The number of carbonyl (C=O) groups excluding carboxylic acids is 1. The van der Waals surface area contributed by atoms with E-state index in [2.05, 4.69) is 46.0 Å². The van der Waals surface area contributed by atoms with Crippen molar-refractivity contribution < 1.29 is 9.53 Å². The minimum atomic E-state index is -0.201. The van der Waals surface area contributed by atoms with Gasteiger partial charge in [-0.25, -0.2) is 4.79 Å². The van der Waals surface area contributed by atoms with Crippen LogP contribution in [0.15, 0.2) is 35.3 Å². The van der Waals surface area contributed by atoms with E-state index in [-0.39, 0.29) is 35.5 Å². The lowest BCUT2D eigenvalue weighted by Crippen LogP contribution is -2.53. The Hall–Kier alpha value is -1.51. The Morgan fingerprint density at radius 2 is 1.93 bits per heavy atom. The fraction of sp³-hybridized carbons (Fsp3) is 0.619. The molecule has 1 saturated heterocycles. The minimum Gasteiger partial charge on any atom is -0.450 e. The number of hydrogen-bond acceptors (Lipinski definition) is 3. The summed E-state index contributed by atoms with van der Waals surface area (Å²) in [5.74, 6) is 0.854. The Morgan fingerprint density at radius 1 is 1.25 bits per heavy atom. The van der Waals surface area contributed by atoms with Gasteiger partial charge in [-0.15, -0.1) is 24.0 Å². The van der Waals surface area contributed by atoms with Crippen molar-refractivity contribution in [2.75, 3.05) is 33.3 Å². The molecule has 1 aliphatic carbocycles. The van der Waals surface area contributed by atoms with Crippen LogP contribution in [0.5, 0.6) is 0 Å². The molecule has 2 aliphatic rings. The molecule has 1 saturated carbocycles. The second-order valence-corrected chi connectivity index (χ2v) is 7.53. The average Bonchev–Trinajstić information content (AvgIpc) is 2.67. The van der Waals surface area contributed by atoms with Crippen LogP contribution in [0.3, 0.4) is 0 Å². The molecule has 0 aromatic heterocycles. The molecule has 2 N–H and O–H groups in total. The summed E-state index contributed by atoms with van der Waals surface area (Å²) in [6.07, 6.45) is 5.34. The quantitative estimate of drug-likeness (QED) is 0.369. The highest BCUT2D eigenvalue weighted by molar-refractivity contribution is 14.0. The van der Waals surface area contributed by atoms with E-state index in [9.17, 15) is 4.79 Å². The summed E-state index contributed by atoms with van der Waals surface area (Å²) in [6, 6.07) is 11.1. The van der Waals surface area contributed by atoms with Crippen LogP contribution in [-0.2, 0) is 10.2 Å². The molecule has 156 valence electrons. The molecule has 0 bridgehead atoms. The number of guanidine groups is 1. The first kappa shape index (κ1) is 22.8. The zero-order chi connectivity index (χ0) is 19.1. The maximum Gasteiger partial charge on any atom is 0.409 e. The minimum absolute atomic E-state index is 0. The Bertz CT molecular complexity index is 641. The zero-order valence-electron chi connectivity index (χ0n) is 16.9. The zero-order valence-corrected chi connectivity index (χ0v) is 19.3. The van der Waals surface area contributed by atoms with Crippen LogP contribution < -0.4 is 10.6 Å². The van der Waals surface area contributed by atoms with E-state index in [4.69, 9.17) is 4.74 Å². The number of nitrogens with zero attached hydrogens (tertiary/aromatic N) is 2. The van der Waals surface area contributed by atoms with Gasteiger partial charge in [-0.2, -0.15) is 0 Å². The highest BCUT2D eigenvalue weighted by Gasteiger charge is 2.38. The fourth-order valence-electron chi connectivity index (χ4n) is 4.02. The number of piperidine rings is 1. The van der Waals surface area contributed by atoms with E-state index in [0.29, 0.717) is 12.6 Å². The van der Waals surface area contributed by atoms with Gasteiger partial charge in [-0.1, -0.05) is 36.8 Å². The number of amides is 1. The summed E-state index contributed by atoms with van der Waals surface area (Å²) in [4.78, 5) is 18.0. The van der Waals surface area contributed by atoms with Gasteiger partial charge in [0.1, 0.15) is 0 Å². The third-order valence-electron chi connectivity index (χ3n) is 5.88. The van der Waals surface area contributed by atoms with Crippen LogP contribution in [0.4, 0.5) is 4.79 Å². The molecule has 0 atom stereocenters. The van der Waals surface area contributed by atoms with E-state index in [1.165, 1.54) is 24.8 Å². The molecule has 1 aliphatic heterocycles. The van der Waals surface area contributed by atoms with Crippen molar-refractivity contribution in [3.8, 4) is 0 Å². The van der Waals surface area contributed by atoms with E-state index < -0.39 is 0 Å². The molecule has 7 heteroatoms. The molecule has 0 spiro atoms. The lowest BCUT2D eigenvalue weighted by atomic mass is 9.64. The first-order chi connectivity index (χ1) is 13.2. The van der Waals surface area contributed by atoms with Crippen molar-refractivity contribution in [1.29, 1.82) is 0 Å². The maximum atomic E-state index is 11.8. The lowest BCUT2D eigenvalue weighted by Gasteiger charge is -2.43. The summed E-state index contributed by atoms with van der Waals surface area (Å²) >= 11 is 0. The predicted molar refractivity (Wildman–Crippen MR) is 124 cm³/mol. The van der Waals surface area contributed by atoms with Crippen LogP contribution in [0.2, 0.25) is 0 Å². The van der Waals surface area contributed by atoms with Crippen molar-refractivity contribution in [3.05, 3.63) is 35.9 Å². The van der Waals surface area contributed by atoms with Crippen molar-refractivity contribution in [3.63, 3.8) is 0 Å². The predicted octanol–water partition coefficient (Wildman–Crippen LogP) is 3.51. The molecule has 1 aromatic carbocycles. The number of likely N-dealkylation sites (tertiary alicyclic amines) is 1. The highest BCUT2D eigenvalue weighted by atomic mass is 127. The molecule has 1 amide bonds. The summed E-state index contributed by atoms with van der Waals surface area (Å²) in [7, 11) is 1.82. The van der Waals surface area contributed by atoms with E-state index in [0.717, 1.165) is 38.4 Å². The fourth-order valence-corrected chi connectivity index (χ4v) is 4.02. The molecule has 28 heavy (non-hydrogen) atoms. The number of nitrogens with one attached hydrogen (secondary N) is 2. The van der Waals surface area contributed by atoms with Gasteiger partial charge < -0.3 is 20.3 Å². The van der Waals surface area contributed by atoms with Gasteiger partial charge in [0.05, 0.1) is 6.61 Å². The standard InChI is InChI=1S/C21H32N4O2.HI/c1-3-27-20(26)25-14-10-18(11-15-25)24-19(22-2)23-16-21(12-7-13-21)17-8-5-4-6-9-17;/h4-6,8-9,18H,3,7,10-16H2,1-2H3,(H2,22,23,24);1H. The van der Waals surface area contributed by atoms with E-state index >= 15 is 0 Å².